The third-order valence-corrected chi connectivity index (χ3v) is 2.84. The molecule has 0 aliphatic carbocycles. The van der Waals surface area contributed by atoms with Gasteiger partial charge in [-0.1, -0.05) is 43.2 Å². The summed E-state index contributed by atoms with van der Waals surface area (Å²) < 4.78 is 0. The van der Waals surface area contributed by atoms with Crippen LogP contribution in [0.5, 0.6) is 0 Å². The van der Waals surface area contributed by atoms with Crippen LogP contribution in [0.3, 0.4) is 0 Å². The molecule has 13 heavy (non-hydrogen) atoms. The fourth-order valence-electron chi connectivity index (χ4n) is 1.48. The summed E-state index contributed by atoms with van der Waals surface area (Å²) >= 11 is 5.86. The second-order valence-electron chi connectivity index (χ2n) is 3.62. The van der Waals surface area contributed by atoms with Crippen LogP contribution in [0.4, 0.5) is 0 Å². The largest absolute Gasteiger partial charge is 0.126 e. The number of hydrogen-bond donors (Lipinski definition) is 0. The van der Waals surface area contributed by atoms with E-state index in [9.17, 15) is 0 Å². The Morgan fingerprint density at radius 3 is 2.69 bits per heavy atom. The number of hydrogen-bond acceptors (Lipinski definition) is 0. The van der Waals surface area contributed by atoms with Crippen LogP contribution in [-0.2, 0) is 6.42 Å². The summed E-state index contributed by atoms with van der Waals surface area (Å²) in [7, 11) is 0. The fraction of sp³-hybridized carbons (Fsp3) is 0.500. The minimum atomic E-state index is 0.628. The SMILES string of the molecule is CCC(CCl)Cc1cccc(C)c1. The van der Waals surface area contributed by atoms with Crippen molar-refractivity contribution in [3.8, 4) is 0 Å². The predicted molar refractivity (Wildman–Crippen MR) is 59.4 cm³/mol. The lowest BCUT2D eigenvalue weighted by Gasteiger charge is -2.11. The molecule has 0 fully saturated rings. The van der Waals surface area contributed by atoms with Crippen molar-refractivity contribution in [2.75, 3.05) is 5.88 Å². The summed E-state index contributed by atoms with van der Waals surface area (Å²) in [4.78, 5) is 0. The first-order valence-electron chi connectivity index (χ1n) is 4.87. The first kappa shape index (κ1) is 10.6. The zero-order valence-corrected chi connectivity index (χ0v) is 9.14. The van der Waals surface area contributed by atoms with Crippen molar-refractivity contribution in [1.29, 1.82) is 0 Å². The van der Waals surface area contributed by atoms with Gasteiger partial charge in [0.15, 0.2) is 0 Å². The standard InChI is InChI=1S/C12H17Cl/c1-3-11(9-13)8-12-6-4-5-10(2)7-12/h4-7,11H,3,8-9H2,1-2H3. The van der Waals surface area contributed by atoms with Crippen LogP contribution in [0, 0.1) is 12.8 Å². The second-order valence-corrected chi connectivity index (χ2v) is 3.93. The molecule has 1 heteroatoms. The molecule has 0 nitrogen and oxygen atoms in total. The predicted octanol–water partition coefficient (Wildman–Crippen LogP) is 3.80. The van der Waals surface area contributed by atoms with E-state index in [0.29, 0.717) is 5.92 Å². The van der Waals surface area contributed by atoms with Gasteiger partial charge in [0.1, 0.15) is 0 Å². The first-order valence-corrected chi connectivity index (χ1v) is 5.41. The lowest BCUT2D eigenvalue weighted by Crippen LogP contribution is -2.04. The summed E-state index contributed by atoms with van der Waals surface area (Å²) in [6.45, 7) is 4.33. The summed E-state index contributed by atoms with van der Waals surface area (Å²) in [5.74, 6) is 1.40. The van der Waals surface area contributed by atoms with E-state index in [1.807, 2.05) is 0 Å². The number of halogens is 1. The molecule has 0 N–H and O–H groups in total. The van der Waals surface area contributed by atoms with E-state index >= 15 is 0 Å². The molecule has 1 atom stereocenters. The van der Waals surface area contributed by atoms with E-state index in [4.69, 9.17) is 11.6 Å². The topological polar surface area (TPSA) is 0 Å². The van der Waals surface area contributed by atoms with Crippen molar-refractivity contribution in [3.05, 3.63) is 35.4 Å². The number of rotatable bonds is 4. The summed E-state index contributed by atoms with van der Waals surface area (Å²) in [6, 6.07) is 8.67. The van der Waals surface area contributed by atoms with Gasteiger partial charge in [-0.05, 0) is 24.8 Å². The maximum absolute atomic E-state index is 5.86. The van der Waals surface area contributed by atoms with E-state index in [2.05, 4.69) is 38.1 Å². The smallest absolute Gasteiger partial charge is 0.0254 e. The van der Waals surface area contributed by atoms with Crippen molar-refractivity contribution in [3.63, 3.8) is 0 Å². The Hall–Kier alpha value is -0.490. The van der Waals surface area contributed by atoms with Crippen molar-refractivity contribution in [1.82, 2.24) is 0 Å². The Kier molecular flexibility index (Phi) is 4.31. The normalized spacial score (nSPS) is 12.8. The van der Waals surface area contributed by atoms with Gasteiger partial charge in [-0.25, -0.2) is 0 Å². The maximum Gasteiger partial charge on any atom is 0.0254 e. The van der Waals surface area contributed by atoms with Crippen molar-refractivity contribution >= 4 is 11.6 Å². The lowest BCUT2D eigenvalue weighted by molar-refractivity contribution is 0.566. The van der Waals surface area contributed by atoms with Crippen molar-refractivity contribution < 1.29 is 0 Å². The van der Waals surface area contributed by atoms with Gasteiger partial charge in [0.25, 0.3) is 0 Å². The molecule has 0 spiro atoms. The van der Waals surface area contributed by atoms with Crippen molar-refractivity contribution in [2.45, 2.75) is 26.7 Å². The molecule has 0 aromatic heterocycles. The Morgan fingerprint density at radius 2 is 2.15 bits per heavy atom. The molecule has 0 amide bonds. The second kappa shape index (κ2) is 5.29. The van der Waals surface area contributed by atoms with Crippen LogP contribution in [0.1, 0.15) is 24.5 Å². The van der Waals surface area contributed by atoms with E-state index < -0.39 is 0 Å². The van der Waals surface area contributed by atoms with Gasteiger partial charge >= 0.3 is 0 Å². The Bertz CT molecular complexity index is 251. The highest BCUT2D eigenvalue weighted by atomic mass is 35.5. The fourth-order valence-corrected chi connectivity index (χ4v) is 1.81. The van der Waals surface area contributed by atoms with E-state index in [0.717, 1.165) is 18.7 Å². The molecule has 0 aliphatic heterocycles. The zero-order chi connectivity index (χ0) is 9.68. The van der Waals surface area contributed by atoms with Crippen LogP contribution in [-0.4, -0.2) is 5.88 Å². The highest BCUT2D eigenvalue weighted by Gasteiger charge is 2.05. The van der Waals surface area contributed by atoms with Gasteiger partial charge in [-0.15, -0.1) is 11.6 Å². The van der Waals surface area contributed by atoms with Crippen LogP contribution in [0.2, 0.25) is 0 Å². The molecular formula is C12H17Cl. The van der Waals surface area contributed by atoms with E-state index in [1.165, 1.54) is 11.1 Å². The molecule has 0 heterocycles. The highest BCUT2D eigenvalue weighted by Crippen LogP contribution is 2.14. The Balaban J connectivity index is 2.62. The first-order chi connectivity index (χ1) is 6.26. The molecule has 0 aliphatic rings. The molecular weight excluding hydrogens is 180 g/mol. The van der Waals surface area contributed by atoms with Crippen LogP contribution in [0.15, 0.2) is 24.3 Å². The van der Waals surface area contributed by atoms with Crippen LogP contribution < -0.4 is 0 Å². The summed E-state index contributed by atoms with van der Waals surface area (Å²) in [5, 5.41) is 0. The third kappa shape index (κ3) is 3.40. The van der Waals surface area contributed by atoms with Gasteiger partial charge in [0, 0.05) is 5.88 Å². The molecule has 0 saturated carbocycles. The molecule has 0 radical (unpaired) electrons. The summed E-state index contributed by atoms with van der Waals surface area (Å²) in [6.07, 6.45) is 2.28. The molecule has 1 aromatic rings. The molecule has 1 aromatic carbocycles. The number of aryl methyl sites for hydroxylation is 1. The molecule has 1 rings (SSSR count). The molecule has 72 valence electrons. The van der Waals surface area contributed by atoms with Crippen molar-refractivity contribution in [2.24, 2.45) is 5.92 Å². The number of alkyl halides is 1. The highest BCUT2D eigenvalue weighted by molar-refractivity contribution is 6.18. The Morgan fingerprint density at radius 1 is 1.38 bits per heavy atom. The van der Waals surface area contributed by atoms with E-state index in [1.54, 1.807) is 0 Å². The summed E-state index contributed by atoms with van der Waals surface area (Å²) in [5.41, 5.74) is 2.74. The maximum atomic E-state index is 5.86. The average Bonchev–Trinajstić information content (AvgIpc) is 2.14. The van der Waals surface area contributed by atoms with Crippen LogP contribution >= 0.6 is 11.6 Å². The van der Waals surface area contributed by atoms with E-state index in [-0.39, 0.29) is 0 Å². The molecule has 0 bridgehead atoms. The average molecular weight is 197 g/mol. The van der Waals surface area contributed by atoms with Crippen LogP contribution in [0.25, 0.3) is 0 Å². The molecule has 1 unspecified atom stereocenters. The van der Waals surface area contributed by atoms with Gasteiger partial charge in [0.2, 0.25) is 0 Å². The zero-order valence-electron chi connectivity index (χ0n) is 8.39. The van der Waals surface area contributed by atoms with Gasteiger partial charge in [0.05, 0.1) is 0 Å². The minimum absolute atomic E-state index is 0.628. The molecule has 0 saturated heterocycles. The monoisotopic (exact) mass is 196 g/mol. The van der Waals surface area contributed by atoms with Gasteiger partial charge in [-0.3, -0.25) is 0 Å². The number of benzene rings is 1. The lowest BCUT2D eigenvalue weighted by atomic mass is 9.98. The van der Waals surface area contributed by atoms with Gasteiger partial charge < -0.3 is 0 Å². The van der Waals surface area contributed by atoms with Gasteiger partial charge in [-0.2, -0.15) is 0 Å². The minimum Gasteiger partial charge on any atom is -0.126 e. The Labute approximate surface area is 85.9 Å². The quantitative estimate of drug-likeness (QED) is 0.643. The third-order valence-electron chi connectivity index (χ3n) is 2.40.